The molecule has 3 heteroatoms. The Bertz CT molecular complexity index is 72.8. The Morgan fingerprint density at radius 1 is 1.75 bits per heavy atom. The van der Waals surface area contributed by atoms with Crippen molar-refractivity contribution in [3.8, 4) is 0 Å². The van der Waals surface area contributed by atoms with Crippen LogP contribution in [0.5, 0.6) is 0 Å². The van der Waals surface area contributed by atoms with Crippen LogP contribution in [-0.2, 0) is 4.79 Å². The molecule has 0 spiro atoms. The number of hydrogen-bond acceptors (Lipinski definition) is 2. The van der Waals surface area contributed by atoms with Crippen LogP contribution < -0.4 is 34.7 Å². The largest absolute Gasteiger partial charge is 1.00 e. The molecule has 0 saturated carbocycles. The van der Waals surface area contributed by atoms with E-state index in [4.69, 9.17) is 0 Å². The van der Waals surface area contributed by atoms with Crippen molar-refractivity contribution >= 4 is 5.78 Å². The van der Waals surface area contributed by atoms with E-state index >= 15 is 0 Å². The summed E-state index contributed by atoms with van der Waals surface area (Å²) >= 11 is 0. The summed E-state index contributed by atoms with van der Waals surface area (Å²) in [5.74, 6) is -0.310. The van der Waals surface area contributed by atoms with E-state index in [9.17, 15) is 9.90 Å². The maximum Gasteiger partial charge on any atom is 1.00 e. The Kier molecular flexibility index (Phi) is 8.23. The fraction of sp³-hybridized carbons (Fsp3) is 0.800. The van der Waals surface area contributed by atoms with Gasteiger partial charge < -0.3 is 5.11 Å². The van der Waals surface area contributed by atoms with Crippen LogP contribution in [-0.4, -0.2) is 12.4 Å². The van der Waals surface area contributed by atoms with Crippen LogP contribution in [0, 0.1) is 5.92 Å². The van der Waals surface area contributed by atoms with Gasteiger partial charge in [0.1, 0.15) is 5.78 Å². The van der Waals surface area contributed by atoms with E-state index in [0.717, 1.165) is 0 Å². The average molecular weight is 124 g/mol. The summed E-state index contributed by atoms with van der Waals surface area (Å²) < 4.78 is 0. The number of carbonyl (C=O) groups is 1. The van der Waals surface area contributed by atoms with Crippen LogP contribution >= 0.6 is 0 Å². The quantitative estimate of drug-likeness (QED) is 0.360. The number of hydrogen-bond donors (Lipinski definition) is 0. The van der Waals surface area contributed by atoms with Crippen molar-refractivity contribution in [2.75, 3.05) is 6.61 Å². The molecule has 1 atom stereocenters. The van der Waals surface area contributed by atoms with Crippen molar-refractivity contribution in [2.45, 2.75) is 13.8 Å². The topological polar surface area (TPSA) is 40.1 Å². The first-order valence-corrected chi connectivity index (χ1v) is 2.27. The Morgan fingerprint density at radius 2 is 2.12 bits per heavy atom. The molecule has 0 N–H and O–H groups in total. The van der Waals surface area contributed by atoms with Gasteiger partial charge in [-0.2, -0.15) is 0 Å². The van der Waals surface area contributed by atoms with Crippen molar-refractivity contribution < 1.29 is 39.5 Å². The summed E-state index contributed by atoms with van der Waals surface area (Å²) in [4.78, 5) is 10.2. The van der Waals surface area contributed by atoms with E-state index in [-0.39, 0.29) is 47.9 Å². The first-order chi connectivity index (χ1) is 3.18. The molecule has 0 saturated heterocycles. The normalized spacial score (nSPS) is 11.9. The molecule has 0 aliphatic carbocycles. The van der Waals surface area contributed by atoms with Gasteiger partial charge >= 0.3 is 29.6 Å². The second-order valence-electron chi connectivity index (χ2n) is 1.68. The minimum Gasteiger partial charge on any atom is -0.854 e. The Balaban J connectivity index is 0. The smallest absolute Gasteiger partial charge is 0.854 e. The van der Waals surface area contributed by atoms with Crippen molar-refractivity contribution in [3.63, 3.8) is 0 Å². The van der Waals surface area contributed by atoms with E-state index in [1.807, 2.05) is 0 Å². The summed E-state index contributed by atoms with van der Waals surface area (Å²) in [5.41, 5.74) is 0. The molecule has 1 unspecified atom stereocenters. The zero-order valence-corrected chi connectivity index (χ0v) is 7.60. The molecule has 0 aliphatic rings. The molecule has 0 amide bonds. The zero-order valence-electron chi connectivity index (χ0n) is 5.60. The van der Waals surface area contributed by atoms with Gasteiger partial charge in [0, 0.05) is 0 Å². The second kappa shape index (κ2) is 5.76. The molecular weight excluding hydrogens is 115 g/mol. The standard InChI is InChI=1S/C5H9O2.Na/c1-4(3-6)5(2)7;/h4H,3H2,1-2H3;/q-1;+1. The summed E-state index contributed by atoms with van der Waals surface area (Å²) in [6.07, 6.45) is 0. The Hall–Kier alpha value is 0.630. The van der Waals surface area contributed by atoms with Crippen LogP contribution in [0.15, 0.2) is 0 Å². The molecule has 0 bridgehead atoms. The summed E-state index contributed by atoms with van der Waals surface area (Å²) in [6.45, 7) is 2.78. The van der Waals surface area contributed by atoms with Crippen molar-refractivity contribution in [1.29, 1.82) is 0 Å². The predicted molar refractivity (Wildman–Crippen MR) is 24.7 cm³/mol. The van der Waals surface area contributed by atoms with Crippen LogP contribution in [0.2, 0.25) is 0 Å². The van der Waals surface area contributed by atoms with Crippen LogP contribution in [0.1, 0.15) is 13.8 Å². The van der Waals surface area contributed by atoms with Crippen LogP contribution in [0.3, 0.4) is 0 Å². The maximum atomic E-state index is 10.2. The molecular formula is C5H9NaO2. The van der Waals surface area contributed by atoms with Gasteiger partial charge in [-0.25, -0.2) is 0 Å². The first kappa shape index (κ1) is 11.4. The van der Waals surface area contributed by atoms with Crippen molar-refractivity contribution in [1.82, 2.24) is 0 Å². The predicted octanol–water partition coefficient (Wildman–Crippen LogP) is -3.42. The van der Waals surface area contributed by atoms with Crippen LogP contribution in [0.25, 0.3) is 0 Å². The molecule has 8 heavy (non-hydrogen) atoms. The van der Waals surface area contributed by atoms with Gasteiger partial charge in [-0.15, -0.1) is 6.61 Å². The number of rotatable bonds is 2. The van der Waals surface area contributed by atoms with Crippen molar-refractivity contribution in [3.05, 3.63) is 0 Å². The summed E-state index contributed by atoms with van der Waals surface area (Å²) in [6, 6.07) is 0. The first-order valence-electron chi connectivity index (χ1n) is 2.27. The molecule has 0 rings (SSSR count). The third-order valence-electron chi connectivity index (χ3n) is 0.944. The third-order valence-corrected chi connectivity index (χ3v) is 0.944. The number of Topliss-reactive ketones (excluding diaryl/α,β-unsaturated/α-hetero) is 1. The fourth-order valence-corrected chi connectivity index (χ4v) is 0.117. The van der Waals surface area contributed by atoms with Gasteiger partial charge in [-0.1, -0.05) is 6.92 Å². The SMILES string of the molecule is CC(=O)C(C)C[O-].[Na+]. The van der Waals surface area contributed by atoms with Gasteiger partial charge in [0.25, 0.3) is 0 Å². The van der Waals surface area contributed by atoms with Crippen molar-refractivity contribution in [2.24, 2.45) is 5.92 Å². The molecule has 0 aromatic rings. The summed E-state index contributed by atoms with van der Waals surface area (Å²) in [5, 5.41) is 9.85. The minimum absolute atomic E-state index is 0. The minimum atomic E-state index is -0.292. The number of carbonyl (C=O) groups excluding carboxylic acids is 1. The zero-order chi connectivity index (χ0) is 5.86. The second-order valence-corrected chi connectivity index (χ2v) is 1.68. The van der Waals surface area contributed by atoms with Crippen LogP contribution in [0.4, 0.5) is 0 Å². The monoisotopic (exact) mass is 124 g/mol. The molecule has 2 nitrogen and oxygen atoms in total. The average Bonchev–Trinajstić information content (AvgIpc) is 1.65. The van der Waals surface area contributed by atoms with E-state index in [1.165, 1.54) is 6.92 Å². The van der Waals surface area contributed by atoms with Gasteiger partial charge in [0.2, 0.25) is 0 Å². The summed E-state index contributed by atoms with van der Waals surface area (Å²) in [7, 11) is 0. The molecule has 0 heterocycles. The maximum absolute atomic E-state index is 10.2. The van der Waals surface area contributed by atoms with Gasteiger partial charge in [0.15, 0.2) is 0 Å². The molecule has 0 aromatic heterocycles. The van der Waals surface area contributed by atoms with E-state index in [2.05, 4.69) is 0 Å². The molecule has 42 valence electrons. The molecule has 0 radical (unpaired) electrons. The molecule has 0 aliphatic heterocycles. The fourth-order valence-electron chi connectivity index (χ4n) is 0.117. The van der Waals surface area contributed by atoms with E-state index < -0.39 is 0 Å². The number of ketones is 1. The van der Waals surface area contributed by atoms with E-state index in [0.29, 0.717) is 0 Å². The van der Waals surface area contributed by atoms with E-state index in [1.54, 1.807) is 6.92 Å². The molecule has 0 fully saturated rings. The Morgan fingerprint density at radius 3 is 2.12 bits per heavy atom. The van der Waals surface area contributed by atoms with Gasteiger partial charge in [-0.05, 0) is 12.8 Å². The van der Waals surface area contributed by atoms with Gasteiger partial charge in [0.05, 0.1) is 0 Å². The third kappa shape index (κ3) is 4.78. The van der Waals surface area contributed by atoms with Gasteiger partial charge in [-0.3, -0.25) is 4.79 Å². The Labute approximate surface area is 71.6 Å². The molecule has 0 aromatic carbocycles.